The quantitative estimate of drug-likeness (QED) is 0.498. The van der Waals surface area contributed by atoms with Gasteiger partial charge in [-0.3, -0.25) is 20.0 Å². The third-order valence-corrected chi connectivity index (χ3v) is 6.24. The summed E-state index contributed by atoms with van der Waals surface area (Å²) in [6, 6.07) is 16.2. The summed E-state index contributed by atoms with van der Waals surface area (Å²) < 4.78 is 0. The van der Waals surface area contributed by atoms with E-state index in [1.165, 1.54) is 18.6 Å². The third-order valence-electron chi connectivity index (χ3n) is 6.24. The molecule has 0 radical (unpaired) electrons. The van der Waals surface area contributed by atoms with E-state index >= 15 is 0 Å². The highest BCUT2D eigenvalue weighted by Gasteiger charge is 2.45. The highest BCUT2D eigenvalue weighted by molar-refractivity contribution is 6.00. The van der Waals surface area contributed by atoms with E-state index < -0.39 is 4.92 Å². The van der Waals surface area contributed by atoms with Crippen molar-refractivity contribution in [2.45, 2.75) is 44.2 Å². The third kappa shape index (κ3) is 2.98. The molecule has 1 aliphatic heterocycles. The first-order valence-corrected chi connectivity index (χ1v) is 10.4. The zero-order valence-electron chi connectivity index (χ0n) is 16.5. The second-order valence-electron chi connectivity index (χ2n) is 7.98. The number of fused-ring (bicyclic) bond motifs is 1. The normalized spacial score (nSPS) is 19.1. The smallest absolute Gasteiger partial charge is 0.273 e. The Balaban J connectivity index is 1.65. The minimum atomic E-state index is -0.402. The molecule has 0 bridgehead atoms. The van der Waals surface area contributed by atoms with Gasteiger partial charge in [-0.05, 0) is 30.5 Å². The number of nitrogens with one attached hydrogen (secondary N) is 1. The Morgan fingerprint density at radius 1 is 1.00 bits per heavy atom. The first kappa shape index (κ1) is 18.5. The SMILES string of the molecule is O=C1c2[nH]nc(-c3ccccc3)c2C(c2ccc([N+](=O)[O-])cc2)N1C1CCCCC1. The van der Waals surface area contributed by atoms with Gasteiger partial charge >= 0.3 is 0 Å². The van der Waals surface area contributed by atoms with E-state index in [0.717, 1.165) is 48.1 Å². The van der Waals surface area contributed by atoms with Gasteiger partial charge in [0, 0.05) is 29.3 Å². The summed E-state index contributed by atoms with van der Waals surface area (Å²) in [7, 11) is 0. The van der Waals surface area contributed by atoms with Gasteiger partial charge in [0.2, 0.25) is 0 Å². The Bertz CT molecular complexity index is 1090. The minimum Gasteiger partial charge on any atom is -0.323 e. The number of carbonyl (C=O) groups excluding carboxylic acids is 1. The van der Waals surface area contributed by atoms with Gasteiger partial charge in [0.25, 0.3) is 11.6 Å². The van der Waals surface area contributed by atoms with Gasteiger partial charge in [0.15, 0.2) is 0 Å². The van der Waals surface area contributed by atoms with Gasteiger partial charge in [0.1, 0.15) is 5.69 Å². The highest BCUT2D eigenvalue weighted by atomic mass is 16.6. The lowest BCUT2D eigenvalue weighted by Crippen LogP contribution is -2.40. The van der Waals surface area contributed by atoms with Crippen LogP contribution in [0.3, 0.4) is 0 Å². The van der Waals surface area contributed by atoms with Crippen LogP contribution in [0.4, 0.5) is 5.69 Å². The van der Waals surface area contributed by atoms with Gasteiger partial charge in [-0.15, -0.1) is 0 Å². The Hall–Kier alpha value is -3.48. The van der Waals surface area contributed by atoms with Gasteiger partial charge in [-0.1, -0.05) is 49.6 Å². The lowest BCUT2D eigenvalue weighted by molar-refractivity contribution is -0.384. The van der Waals surface area contributed by atoms with Crippen molar-refractivity contribution in [3.05, 3.63) is 81.5 Å². The fourth-order valence-corrected chi connectivity index (χ4v) is 4.82. The molecule has 0 saturated heterocycles. The van der Waals surface area contributed by atoms with Gasteiger partial charge in [0.05, 0.1) is 16.7 Å². The van der Waals surface area contributed by atoms with Crippen LogP contribution in [0.5, 0.6) is 0 Å². The van der Waals surface area contributed by atoms with Crippen molar-refractivity contribution in [2.24, 2.45) is 0 Å². The van der Waals surface area contributed by atoms with Crippen LogP contribution in [0.25, 0.3) is 11.3 Å². The van der Waals surface area contributed by atoms with Gasteiger partial charge < -0.3 is 4.90 Å². The van der Waals surface area contributed by atoms with Crippen molar-refractivity contribution < 1.29 is 9.72 Å². The van der Waals surface area contributed by atoms with Crippen LogP contribution in [-0.2, 0) is 0 Å². The van der Waals surface area contributed by atoms with Crippen molar-refractivity contribution in [1.29, 1.82) is 0 Å². The lowest BCUT2D eigenvalue weighted by Gasteiger charge is -2.36. The van der Waals surface area contributed by atoms with Gasteiger partial charge in [-0.25, -0.2) is 0 Å². The number of carbonyl (C=O) groups is 1. The van der Waals surface area contributed by atoms with Crippen LogP contribution in [0.1, 0.15) is 59.8 Å². The molecule has 2 aliphatic rings. The number of nitrogens with zero attached hydrogens (tertiary/aromatic N) is 3. The standard InChI is InChI=1S/C23H22N4O3/c28-23-21-19(20(24-25-21)15-7-3-1-4-8-15)22(26(23)17-9-5-2-6-10-17)16-11-13-18(14-12-16)27(29)30/h1,3-4,7-8,11-14,17,22H,2,5-6,9-10H2,(H,24,25). The Morgan fingerprint density at radius 2 is 1.70 bits per heavy atom. The number of H-pyrrole nitrogens is 1. The second kappa shape index (κ2) is 7.40. The van der Waals surface area contributed by atoms with Crippen LogP contribution in [0, 0.1) is 10.1 Å². The maximum atomic E-state index is 13.4. The van der Waals surface area contributed by atoms with Crippen molar-refractivity contribution >= 4 is 11.6 Å². The molecule has 7 nitrogen and oxygen atoms in total. The number of benzene rings is 2. The summed E-state index contributed by atoms with van der Waals surface area (Å²) in [6.07, 6.45) is 5.38. The topological polar surface area (TPSA) is 92.1 Å². The maximum absolute atomic E-state index is 13.4. The summed E-state index contributed by atoms with van der Waals surface area (Å²) in [5.74, 6) is -0.0325. The first-order valence-electron chi connectivity index (χ1n) is 10.4. The molecule has 5 rings (SSSR count). The number of nitro benzene ring substituents is 1. The number of rotatable bonds is 4. The Kier molecular flexibility index (Phi) is 4.58. The zero-order valence-corrected chi connectivity index (χ0v) is 16.5. The van der Waals surface area contributed by atoms with E-state index in [1.807, 2.05) is 35.2 Å². The molecular formula is C23H22N4O3. The predicted octanol–water partition coefficient (Wildman–Crippen LogP) is 4.86. The number of aromatic amines is 1. The molecule has 0 spiro atoms. The molecule has 2 heterocycles. The zero-order chi connectivity index (χ0) is 20.7. The number of amides is 1. The summed E-state index contributed by atoms with van der Waals surface area (Å²) in [6.45, 7) is 0. The van der Waals surface area contributed by atoms with Crippen molar-refractivity contribution in [3.8, 4) is 11.3 Å². The molecule has 30 heavy (non-hydrogen) atoms. The van der Waals surface area contributed by atoms with Gasteiger partial charge in [-0.2, -0.15) is 5.10 Å². The average Bonchev–Trinajstić information content (AvgIpc) is 3.34. The molecule has 1 amide bonds. The highest BCUT2D eigenvalue weighted by Crippen LogP contribution is 2.45. The summed E-state index contributed by atoms with van der Waals surface area (Å²) in [5, 5.41) is 18.6. The van der Waals surface area contributed by atoms with Crippen molar-refractivity contribution in [3.63, 3.8) is 0 Å². The molecule has 152 valence electrons. The fourth-order valence-electron chi connectivity index (χ4n) is 4.82. The molecule has 2 aromatic carbocycles. The maximum Gasteiger partial charge on any atom is 0.273 e. The van der Waals surface area contributed by atoms with E-state index in [9.17, 15) is 14.9 Å². The molecule has 1 atom stereocenters. The monoisotopic (exact) mass is 402 g/mol. The van der Waals surface area contributed by atoms with E-state index in [2.05, 4.69) is 10.2 Å². The first-order chi connectivity index (χ1) is 14.6. The molecular weight excluding hydrogens is 380 g/mol. The van der Waals surface area contributed by atoms with Crippen molar-refractivity contribution in [1.82, 2.24) is 15.1 Å². The van der Waals surface area contributed by atoms with Crippen molar-refractivity contribution in [2.75, 3.05) is 0 Å². The average molecular weight is 402 g/mol. The summed E-state index contributed by atoms with van der Waals surface area (Å²) in [5.41, 5.74) is 4.02. The lowest BCUT2D eigenvalue weighted by atomic mass is 9.91. The largest absolute Gasteiger partial charge is 0.323 e. The second-order valence-corrected chi connectivity index (χ2v) is 7.98. The molecule has 1 unspecified atom stereocenters. The molecule has 3 aromatic rings. The number of non-ortho nitro benzene ring substituents is 1. The molecule has 1 fully saturated rings. The molecule has 1 N–H and O–H groups in total. The van der Waals surface area contributed by atoms with E-state index in [-0.39, 0.29) is 23.7 Å². The molecule has 1 saturated carbocycles. The van der Waals surface area contributed by atoms with E-state index in [0.29, 0.717) is 5.69 Å². The Labute approximate surface area is 173 Å². The summed E-state index contributed by atoms with van der Waals surface area (Å²) in [4.78, 5) is 26.1. The van der Waals surface area contributed by atoms with Crippen LogP contribution in [-0.4, -0.2) is 32.0 Å². The number of nitro groups is 1. The number of hydrogen-bond donors (Lipinski definition) is 1. The number of aromatic nitrogens is 2. The Morgan fingerprint density at radius 3 is 2.37 bits per heavy atom. The number of hydrogen-bond acceptors (Lipinski definition) is 4. The van der Waals surface area contributed by atoms with E-state index in [4.69, 9.17) is 0 Å². The van der Waals surface area contributed by atoms with E-state index in [1.54, 1.807) is 12.1 Å². The minimum absolute atomic E-state index is 0.0325. The van der Waals surface area contributed by atoms with Crippen LogP contribution in [0.2, 0.25) is 0 Å². The molecule has 1 aromatic heterocycles. The predicted molar refractivity (Wildman–Crippen MR) is 112 cm³/mol. The summed E-state index contributed by atoms with van der Waals surface area (Å²) >= 11 is 0. The molecule has 1 aliphatic carbocycles. The fraction of sp³-hybridized carbons (Fsp3) is 0.304. The van der Waals surface area contributed by atoms with Crippen LogP contribution < -0.4 is 0 Å². The van der Waals surface area contributed by atoms with Crippen LogP contribution >= 0.6 is 0 Å². The van der Waals surface area contributed by atoms with Crippen LogP contribution in [0.15, 0.2) is 54.6 Å². The molecule has 7 heteroatoms.